The van der Waals surface area contributed by atoms with Crippen LogP contribution in [0.15, 0.2) is 72.8 Å². The first-order valence-corrected chi connectivity index (χ1v) is 21.2. The Kier molecular flexibility index (Phi) is 20.8. The molecule has 0 radical (unpaired) electrons. The van der Waals surface area contributed by atoms with Gasteiger partial charge in [0.05, 0.1) is 13.2 Å². The van der Waals surface area contributed by atoms with Gasteiger partial charge < -0.3 is 25.4 Å². The summed E-state index contributed by atoms with van der Waals surface area (Å²) in [6.07, 6.45) is 26.2. The van der Waals surface area contributed by atoms with Crippen LogP contribution in [0.4, 0.5) is 34.9 Å². The molecule has 1 aromatic heterocycles. The van der Waals surface area contributed by atoms with Crippen LogP contribution in [0, 0.1) is 6.92 Å². The normalized spacial score (nSPS) is 11.0. The van der Waals surface area contributed by atoms with Crippen molar-refractivity contribution in [3.8, 4) is 11.5 Å². The average Bonchev–Trinajstić information content (AvgIpc) is 3.17. The van der Waals surface area contributed by atoms with Gasteiger partial charge in [0.15, 0.2) is 0 Å². The van der Waals surface area contributed by atoms with Gasteiger partial charge in [0, 0.05) is 23.1 Å². The standard InChI is InChI=1S/C46H68N6O2/c1-4-6-8-10-12-14-16-18-20-22-35-53-42-33-31-40(32-34-42)48-45-50-44(47-39-29-27-38(3)28-30-39)51-46(52-45)49-41-25-24-26-43(37-41)54-36-23-21-19-17-15-13-11-9-7-5-2/h24-34,37H,4-23,35-36H2,1-3H3,(H3,47,48,49,50,51,52). The highest BCUT2D eigenvalue weighted by Crippen LogP contribution is 2.25. The third-order valence-corrected chi connectivity index (χ3v) is 9.68. The number of benzene rings is 3. The maximum Gasteiger partial charge on any atom is 0.233 e. The molecule has 0 amide bonds. The van der Waals surface area contributed by atoms with E-state index in [1.807, 2.05) is 60.7 Å². The number of hydrogen-bond acceptors (Lipinski definition) is 8. The van der Waals surface area contributed by atoms with Crippen molar-refractivity contribution in [2.75, 3.05) is 29.2 Å². The zero-order valence-corrected chi connectivity index (χ0v) is 33.6. The number of rotatable bonds is 30. The summed E-state index contributed by atoms with van der Waals surface area (Å²) in [5.74, 6) is 2.98. The number of aromatic nitrogens is 3. The van der Waals surface area contributed by atoms with Crippen molar-refractivity contribution >= 4 is 34.9 Å². The summed E-state index contributed by atoms with van der Waals surface area (Å²) >= 11 is 0. The Balaban J connectivity index is 1.26. The molecule has 8 nitrogen and oxygen atoms in total. The lowest BCUT2D eigenvalue weighted by Crippen LogP contribution is -2.07. The van der Waals surface area contributed by atoms with E-state index in [4.69, 9.17) is 24.4 Å². The minimum atomic E-state index is 0.422. The second-order valence-corrected chi connectivity index (χ2v) is 14.7. The number of hydrogen-bond donors (Lipinski definition) is 3. The third-order valence-electron chi connectivity index (χ3n) is 9.68. The molecule has 0 saturated carbocycles. The van der Waals surface area contributed by atoms with E-state index in [-0.39, 0.29) is 0 Å². The van der Waals surface area contributed by atoms with Crippen LogP contribution < -0.4 is 25.4 Å². The Morgan fingerprint density at radius 1 is 0.407 bits per heavy atom. The molecule has 54 heavy (non-hydrogen) atoms. The molecule has 0 atom stereocenters. The molecule has 3 N–H and O–H groups in total. The topological polar surface area (TPSA) is 93.2 Å². The molecule has 8 heteroatoms. The lowest BCUT2D eigenvalue weighted by atomic mass is 10.1. The Labute approximate surface area is 326 Å². The van der Waals surface area contributed by atoms with Crippen molar-refractivity contribution in [2.45, 2.75) is 149 Å². The summed E-state index contributed by atoms with van der Waals surface area (Å²) in [6.45, 7) is 8.07. The summed E-state index contributed by atoms with van der Waals surface area (Å²) in [5, 5.41) is 10.1. The van der Waals surface area contributed by atoms with E-state index in [1.165, 1.54) is 121 Å². The number of ether oxygens (including phenoxy) is 2. The van der Waals surface area contributed by atoms with Crippen LogP contribution in [-0.4, -0.2) is 28.2 Å². The summed E-state index contributed by atoms with van der Waals surface area (Å²) in [6, 6.07) is 24.1. The van der Waals surface area contributed by atoms with Crippen LogP contribution in [0.25, 0.3) is 0 Å². The van der Waals surface area contributed by atoms with Crippen LogP contribution >= 0.6 is 0 Å². The number of aryl methyl sites for hydroxylation is 1. The number of nitrogens with one attached hydrogen (secondary N) is 3. The quantitative estimate of drug-likeness (QED) is 0.0456. The minimum Gasteiger partial charge on any atom is -0.494 e. The maximum absolute atomic E-state index is 6.12. The van der Waals surface area contributed by atoms with Crippen molar-refractivity contribution in [1.29, 1.82) is 0 Å². The van der Waals surface area contributed by atoms with E-state index in [2.05, 4.69) is 48.9 Å². The lowest BCUT2D eigenvalue weighted by molar-refractivity contribution is 0.304. The van der Waals surface area contributed by atoms with Crippen LogP contribution in [0.3, 0.4) is 0 Å². The zero-order valence-electron chi connectivity index (χ0n) is 33.6. The number of nitrogens with zero attached hydrogens (tertiary/aromatic N) is 3. The first kappa shape index (κ1) is 42.4. The second-order valence-electron chi connectivity index (χ2n) is 14.7. The summed E-state index contributed by atoms with van der Waals surface area (Å²) in [4.78, 5) is 14.1. The number of unbranched alkanes of at least 4 members (excludes halogenated alkanes) is 18. The molecular weight excluding hydrogens is 669 g/mol. The molecule has 0 unspecified atom stereocenters. The van der Waals surface area contributed by atoms with Crippen LogP contribution in [0.2, 0.25) is 0 Å². The molecule has 0 spiro atoms. The molecule has 0 aliphatic carbocycles. The van der Waals surface area contributed by atoms with E-state index in [1.54, 1.807) is 0 Å². The van der Waals surface area contributed by atoms with E-state index < -0.39 is 0 Å². The van der Waals surface area contributed by atoms with Gasteiger partial charge in [-0.3, -0.25) is 0 Å². The van der Waals surface area contributed by atoms with E-state index in [9.17, 15) is 0 Å². The monoisotopic (exact) mass is 737 g/mol. The highest BCUT2D eigenvalue weighted by molar-refractivity contribution is 5.63. The Bertz CT molecular complexity index is 1550. The zero-order chi connectivity index (χ0) is 37.9. The molecular formula is C46H68N6O2. The Morgan fingerprint density at radius 2 is 0.796 bits per heavy atom. The molecule has 0 aliphatic heterocycles. The Hall–Kier alpha value is -4.33. The predicted octanol–water partition coefficient (Wildman–Crippen LogP) is 14.0. The second kappa shape index (κ2) is 26.4. The van der Waals surface area contributed by atoms with Gasteiger partial charge in [0.25, 0.3) is 0 Å². The molecule has 0 fully saturated rings. The fourth-order valence-electron chi connectivity index (χ4n) is 6.43. The van der Waals surface area contributed by atoms with Crippen molar-refractivity contribution in [2.24, 2.45) is 0 Å². The van der Waals surface area contributed by atoms with Crippen molar-refractivity contribution in [1.82, 2.24) is 15.0 Å². The van der Waals surface area contributed by atoms with Crippen molar-refractivity contribution in [3.05, 3.63) is 78.4 Å². The summed E-state index contributed by atoms with van der Waals surface area (Å²) in [7, 11) is 0. The van der Waals surface area contributed by atoms with Gasteiger partial charge in [-0.15, -0.1) is 0 Å². The van der Waals surface area contributed by atoms with Gasteiger partial charge in [0.1, 0.15) is 11.5 Å². The van der Waals surface area contributed by atoms with Gasteiger partial charge in [-0.25, -0.2) is 0 Å². The van der Waals surface area contributed by atoms with Crippen LogP contribution in [0.1, 0.15) is 148 Å². The Morgan fingerprint density at radius 3 is 1.26 bits per heavy atom. The first-order chi connectivity index (χ1) is 26.6. The van der Waals surface area contributed by atoms with Gasteiger partial charge in [-0.2, -0.15) is 15.0 Å². The maximum atomic E-state index is 6.12. The fraction of sp³-hybridized carbons (Fsp3) is 0.543. The predicted molar refractivity (Wildman–Crippen MR) is 228 cm³/mol. The number of anilines is 6. The van der Waals surface area contributed by atoms with Gasteiger partial charge in [-0.05, 0) is 68.3 Å². The highest BCUT2D eigenvalue weighted by Gasteiger charge is 2.10. The van der Waals surface area contributed by atoms with E-state index in [0.717, 1.165) is 48.0 Å². The van der Waals surface area contributed by atoms with E-state index >= 15 is 0 Å². The molecule has 0 bridgehead atoms. The molecule has 0 aliphatic rings. The van der Waals surface area contributed by atoms with E-state index in [0.29, 0.717) is 24.5 Å². The molecule has 294 valence electrons. The van der Waals surface area contributed by atoms with Crippen LogP contribution in [0.5, 0.6) is 11.5 Å². The van der Waals surface area contributed by atoms with Gasteiger partial charge in [0.2, 0.25) is 17.8 Å². The minimum absolute atomic E-state index is 0.422. The SMILES string of the molecule is CCCCCCCCCCCCOc1ccc(Nc2nc(Nc3ccc(C)cc3)nc(Nc3cccc(OCCCCCCCCCCCC)c3)n2)cc1. The molecule has 4 aromatic rings. The molecule has 1 heterocycles. The third kappa shape index (κ3) is 18.1. The van der Waals surface area contributed by atoms with Crippen molar-refractivity contribution in [3.63, 3.8) is 0 Å². The van der Waals surface area contributed by atoms with Gasteiger partial charge >= 0.3 is 0 Å². The molecule has 0 saturated heterocycles. The van der Waals surface area contributed by atoms with Crippen molar-refractivity contribution < 1.29 is 9.47 Å². The molecule has 4 rings (SSSR count). The van der Waals surface area contributed by atoms with Gasteiger partial charge in [-0.1, -0.05) is 153 Å². The summed E-state index contributed by atoms with van der Waals surface area (Å²) in [5.41, 5.74) is 3.79. The van der Waals surface area contributed by atoms with Crippen LogP contribution in [-0.2, 0) is 0 Å². The lowest BCUT2D eigenvalue weighted by Gasteiger charge is -2.13. The average molecular weight is 737 g/mol. The molecule has 3 aromatic carbocycles. The fourth-order valence-corrected chi connectivity index (χ4v) is 6.43. The smallest absolute Gasteiger partial charge is 0.233 e. The highest BCUT2D eigenvalue weighted by atomic mass is 16.5. The summed E-state index contributed by atoms with van der Waals surface area (Å²) < 4.78 is 12.2. The first-order valence-electron chi connectivity index (χ1n) is 21.2. The largest absolute Gasteiger partial charge is 0.494 e.